The van der Waals surface area contributed by atoms with Crippen molar-refractivity contribution in [3.63, 3.8) is 0 Å². The molecule has 0 saturated carbocycles. The summed E-state index contributed by atoms with van der Waals surface area (Å²) in [6, 6.07) is 10.8. The van der Waals surface area contributed by atoms with Crippen molar-refractivity contribution in [1.29, 1.82) is 5.26 Å². The Morgan fingerprint density at radius 2 is 1.77 bits per heavy atom. The van der Waals surface area contributed by atoms with E-state index in [0.717, 1.165) is 9.78 Å². The van der Waals surface area contributed by atoms with E-state index in [2.05, 4.69) is 5.32 Å². The second-order valence-electron chi connectivity index (χ2n) is 5.38. The number of rotatable bonds is 5. The van der Waals surface area contributed by atoms with Crippen molar-refractivity contribution in [2.45, 2.75) is 6.54 Å². The maximum atomic E-state index is 12.3. The van der Waals surface area contributed by atoms with Gasteiger partial charge in [0.2, 0.25) is 5.91 Å². The molecule has 1 aromatic carbocycles. The zero-order valence-electron chi connectivity index (χ0n) is 13.3. The van der Waals surface area contributed by atoms with Crippen molar-refractivity contribution >= 4 is 40.8 Å². The van der Waals surface area contributed by atoms with Crippen LogP contribution in [0.25, 0.3) is 0 Å². The maximum absolute atomic E-state index is 12.3. The predicted molar refractivity (Wildman–Crippen MR) is 91.8 cm³/mol. The van der Waals surface area contributed by atoms with E-state index in [1.807, 2.05) is 6.07 Å². The lowest BCUT2D eigenvalue weighted by Gasteiger charge is -2.14. The van der Waals surface area contributed by atoms with E-state index in [9.17, 15) is 19.2 Å². The largest absolute Gasteiger partial charge is 0.335 e. The number of hydrogen-bond acceptors (Lipinski definition) is 6. The highest BCUT2D eigenvalue weighted by molar-refractivity contribution is 7.09. The monoisotopic (exact) mass is 368 g/mol. The van der Waals surface area contributed by atoms with Crippen LogP contribution in [-0.4, -0.2) is 40.1 Å². The molecule has 3 rings (SSSR count). The number of nitrogens with one attached hydrogen (secondary N) is 1. The van der Waals surface area contributed by atoms with E-state index in [1.54, 1.807) is 17.5 Å². The summed E-state index contributed by atoms with van der Waals surface area (Å²) < 4.78 is 0. The zero-order chi connectivity index (χ0) is 18.7. The molecule has 26 heavy (non-hydrogen) atoms. The van der Waals surface area contributed by atoms with E-state index in [-0.39, 0.29) is 6.54 Å². The van der Waals surface area contributed by atoms with Crippen LogP contribution in [0.1, 0.15) is 10.4 Å². The first-order chi connectivity index (χ1) is 12.5. The Kier molecular flexibility index (Phi) is 4.77. The topological polar surface area (TPSA) is 111 Å². The van der Waals surface area contributed by atoms with Crippen LogP contribution in [0.4, 0.5) is 10.5 Å². The zero-order valence-corrected chi connectivity index (χ0v) is 14.2. The summed E-state index contributed by atoms with van der Waals surface area (Å²) in [5, 5.41) is 13.1. The number of anilines is 1. The lowest BCUT2D eigenvalue weighted by Crippen LogP contribution is -2.38. The van der Waals surface area contributed by atoms with Crippen LogP contribution in [0, 0.1) is 11.3 Å². The van der Waals surface area contributed by atoms with Crippen molar-refractivity contribution in [3.8, 4) is 6.07 Å². The van der Waals surface area contributed by atoms with Crippen LogP contribution < -0.4 is 5.32 Å². The van der Waals surface area contributed by atoms with Crippen LogP contribution in [0.3, 0.4) is 0 Å². The van der Waals surface area contributed by atoms with Gasteiger partial charge in [-0.25, -0.2) is 9.69 Å². The Hall–Kier alpha value is -3.51. The molecule has 1 aromatic heterocycles. The summed E-state index contributed by atoms with van der Waals surface area (Å²) >= 11 is 1.36. The van der Waals surface area contributed by atoms with Gasteiger partial charge >= 0.3 is 17.8 Å². The molecular weight excluding hydrogens is 356 g/mol. The molecule has 1 saturated heterocycles. The molecule has 0 atom stereocenters. The van der Waals surface area contributed by atoms with Crippen LogP contribution in [0.15, 0.2) is 41.8 Å². The van der Waals surface area contributed by atoms with E-state index in [0.29, 0.717) is 16.2 Å². The molecule has 2 aromatic rings. The number of carbonyl (C=O) groups excluding carboxylic acids is 4. The summed E-state index contributed by atoms with van der Waals surface area (Å²) in [6.45, 7) is -0.570. The van der Waals surface area contributed by atoms with Gasteiger partial charge in [-0.3, -0.25) is 19.3 Å². The number of thiophene rings is 1. The standard InChI is InChI=1S/C17H12N4O4S/c18-8-11-3-5-12(6-4-11)19-14(22)10-21-16(24)15(23)20(17(21)25)9-13-2-1-7-26-13/h1-7H,9-10H2,(H,19,22). The molecular formula is C17H12N4O4S. The van der Waals surface area contributed by atoms with Crippen molar-refractivity contribution in [3.05, 3.63) is 52.2 Å². The first-order valence-electron chi connectivity index (χ1n) is 7.49. The number of benzene rings is 1. The number of amides is 5. The average Bonchev–Trinajstić information content (AvgIpc) is 3.22. The molecule has 1 aliphatic rings. The Labute approximate surface area is 152 Å². The summed E-state index contributed by atoms with van der Waals surface area (Å²) in [5.74, 6) is -2.60. The minimum atomic E-state index is -1.03. The normalized spacial score (nSPS) is 13.9. The van der Waals surface area contributed by atoms with Crippen molar-refractivity contribution in [1.82, 2.24) is 9.80 Å². The minimum Gasteiger partial charge on any atom is -0.325 e. The summed E-state index contributed by atoms with van der Waals surface area (Å²) in [4.78, 5) is 50.7. The minimum absolute atomic E-state index is 0.00514. The summed E-state index contributed by atoms with van der Waals surface area (Å²) in [7, 11) is 0. The van der Waals surface area contributed by atoms with Crippen LogP contribution in [0.2, 0.25) is 0 Å². The highest BCUT2D eigenvalue weighted by Crippen LogP contribution is 2.19. The third-order valence-corrected chi connectivity index (χ3v) is 4.49. The van der Waals surface area contributed by atoms with Gasteiger partial charge in [0.05, 0.1) is 18.2 Å². The molecule has 9 heteroatoms. The van der Waals surface area contributed by atoms with Gasteiger partial charge in [-0.05, 0) is 35.7 Å². The molecule has 1 fully saturated rings. The fraction of sp³-hybridized carbons (Fsp3) is 0.118. The lowest BCUT2D eigenvalue weighted by molar-refractivity contribution is -0.143. The SMILES string of the molecule is N#Cc1ccc(NC(=O)CN2C(=O)C(=O)N(Cc3cccs3)C2=O)cc1. The molecule has 0 aliphatic carbocycles. The highest BCUT2D eigenvalue weighted by Gasteiger charge is 2.45. The Morgan fingerprint density at radius 3 is 2.38 bits per heavy atom. The van der Waals surface area contributed by atoms with E-state index in [1.165, 1.54) is 35.6 Å². The summed E-state index contributed by atoms with van der Waals surface area (Å²) in [5.41, 5.74) is 0.845. The molecule has 1 N–H and O–H groups in total. The van der Waals surface area contributed by atoms with Gasteiger partial charge in [0.1, 0.15) is 6.54 Å². The van der Waals surface area contributed by atoms with Gasteiger partial charge < -0.3 is 5.32 Å². The predicted octanol–water partition coefficient (Wildman–Crippen LogP) is 1.55. The molecule has 8 nitrogen and oxygen atoms in total. The van der Waals surface area contributed by atoms with E-state index in [4.69, 9.17) is 5.26 Å². The first kappa shape index (κ1) is 17.3. The third kappa shape index (κ3) is 3.45. The fourth-order valence-corrected chi connectivity index (χ4v) is 3.05. The lowest BCUT2D eigenvalue weighted by atomic mass is 10.2. The summed E-state index contributed by atoms with van der Waals surface area (Å²) in [6.07, 6.45) is 0. The number of nitriles is 1. The molecule has 2 heterocycles. The quantitative estimate of drug-likeness (QED) is 0.636. The maximum Gasteiger partial charge on any atom is 0.335 e. The van der Waals surface area contributed by atoms with Gasteiger partial charge in [0.25, 0.3) is 0 Å². The second-order valence-corrected chi connectivity index (χ2v) is 6.41. The fourth-order valence-electron chi connectivity index (χ4n) is 2.36. The Morgan fingerprint density at radius 1 is 1.08 bits per heavy atom. The molecule has 0 bridgehead atoms. The van der Waals surface area contributed by atoms with Crippen LogP contribution in [-0.2, 0) is 20.9 Å². The second kappa shape index (κ2) is 7.16. The number of urea groups is 1. The number of nitrogens with zero attached hydrogens (tertiary/aromatic N) is 3. The van der Waals surface area contributed by atoms with Gasteiger partial charge in [0, 0.05) is 10.6 Å². The average molecular weight is 368 g/mol. The van der Waals surface area contributed by atoms with Gasteiger partial charge in [0.15, 0.2) is 0 Å². The van der Waals surface area contributed by atoms with Crippen molar-refractivity contribution in [2.24, 2.45) is 0 Å². The third-order valence-electron chi connectivity index (χ3n) is 3.63. The number of hydrogen-bond donors (Lipinski definition) is 1. The molecule has 0 unspecified atom stereocenters. The number of carbonyl (C=O) groups is 4. The number of imide groups is 2. The van der Waals surface area contributed by atoms with Crippen molar-refractivity contribution in [2.75, 3.05) is 11.9 Å². The Balaban J connectivity index is 1.65. The first-order valence-corrected chi connectivity index (χ1v) is 8.37. The molecule has 0 spiro atoms. The highest BCUT2D eigenvalue weighted by atomic mass is 32.1. The van der Waals surface area contributed by atoms with Gasteiger partial charge in [-0.2, -0.15) is 5.26 Å². The molecule has 130 valence electrons. The Bertz CT molecular complexity index is 915. The molecule has 1 aliphatic heterocycles. The van der Waals surface area contributed by atoms with Crippen LogP contribution in [0.5, 0.6) is 0 Å². The van der Waals surface area contributed by atoms with E-state index >= 15 is 0 Å². The smallest absolute Gasteiger partial charge is 0.325 e. The van der Waals surface area contributed by atoms with Gasteiger partial charge in [-0.15, -0.1) is 11.3 Å². The molecule has 5 amide bonds. The van der Waals surface area contributed by atoms with Gasteiger partial charge in [-0.1, -0.05) is 6.07 Å². The van der Waals surface area contributed by atoms with E-state index < -0.39 is 30.3 Å². The van der Waals surface area contributed by atoms with Crippen LogP contribution >= 0.6 is 11.3 Å². The molecule has 0 radical (unpaired) electrons. The van der Waals surface area contributed by atoms with Crippen molar-refractivity contribution < 1.29 is 19.2 Å².